The maximum Gasteiger partial charge on any atom is 0.222 e. The minimum absolute atomic E-state index is 0. The molecule has 4 N–H and O–H groups in total. The van der Waals surface area contributed by atoms with E-state index >= 15 is 0 Å². The van der Waals surface area contributed by atoms with E-state index in [4.69, 9.17) is 17.3 Å². The Kier molecular flexibility index (Phi) is 8.53. The van der Waals surface area contributed by atoms with Crippen molar-refractivity contribution in [3.05, 3.63) is 34.9 Å². The fourth-order valence-corrected chi connectivity index (χ4v) is 3.28. The summed E-state index contributed by atoms with van der Waals surface area (Å²) >= 11 is 5.89. The van der Waals surface area contributed by atoms with Gasteiger partial charge >= 0.3 is 0 Å². The van der Waals surface area contributed by atoms with Crippen molar-refractivity contribution in [2.75, 3.05) is 6.54 Å². The van der Waals surface area contributed by atoms with Crippen LogP contribution in [0.15, 0.2) is 24.3 Å². The lowest BCUT2D eigenvalue weighted by molar-refractivity contribution is -0.123. The predicted octanol–water partition coefficient (Wildman–Crippen LogP) is 2.57. The molecule has 1 aromatic carbocycles. The number of hydrogen-bond acceptors (Lipinski definition) is 3. The van der Waals surface area contributed by atoms with Gasteiger partial charge in [-0.05, 0) is 43.0 Å². The van der Waals surface area contributed by atoms with Crippen LogP contribution >= 0.6 is 24.0 Å². The first kappa shape index (κ1) is 20.7. The molecule has 0 bridgehead atoms. The van der Waals surface area contributed by atoms with Gasteiger partial charge in [-0.2, -0.15) is 0 Å². The topological polar surface area (TPSA) is 84.2 Å². The lowest BCUT2D eigenvalue weighted by Crippen LogP contribution is -2.41. The second-order valence-corrected chi connectivity index (χ2v) is 6.55. The van der Waals surface area contributed by atoms with E-state index in [0.717, 1.165) is 24.8 Å². The van der Waals surface area contributed by atoms with Gasteiger partial charge < -0.3 is 16.4 Å². The molecule has 5 nitrogen and oxygen atoms in total. The number of nitrogens with two attached hydrogens (primary N) is 1. The Balaban J connectivity index is 0.00000288. The van der Waals surface area contributed by atoms with Gasteiger partial charge in [0, 0.05) is 18.0 Å². The van der Waals surface area contributed by atoms with E-state index in [1.807, 2.05) is 12.1 Å². The van der Waals surface area contributed by atoms with Crippen molar-refractivity contribution in [3.63, 3.8) is 0 Å². The van der Waals surface area contributed by atoms with Gasteiger partial charge in [-0.25, -0.2) is 0 Å². The fourth-order valence-electron chi connectivity index (χ4n) is 3.15. The monoisotopic (exact) mass is 373 g/mol. The number of carbonyl (C=O) groups is 2. The van der Waals surface area contributed by atoms with Crippen LogP contribution in [0.2, 0.25) is 5.02 Å². The summed E-state index contributed by atoms with van der Waals surface area (Å²) in [7, 11) is 0. The number of benzene rings is 1. The standard InChI is InChI=1S/C17H24ClN3O2.ClH/c1-11(22)20-16(12-5-7-14(18)8-6-12)9-17(23)21-15-4-2-3-13(15)10-19;/h5-8,13,15-16H,2-4,9-10,19H2,1H3,(H,20,22)(H,21,23);1H. The normalized spacial score (nSPS) is 20.8. The molecule has 7 heteroatoms. The molecule has 1 saturated carbocycles. The number of carbonyl (C=O) groups excluding carboxylic acids is 2. The highest BCUT2D eigenvalue weighted by atomic mass is 35.5. The molecular weight excluding hydrogens is 349 g/mol. The van der Waals surface area contributed by atoms with Gasteiger partial charge in [0.05, 0.1) is 12.5 Å². The van der Waals surface area contributed by atoms with Crippen molar-refractivity contribution in [2.24, 2.45) is 11.7 Å². The number of nitrogens with one attached hydrogen (secondary N) is 2. The molecule has 24 heavy (non-hydrogen) atoms. The van der Waals surface area contributed by atoms with Crippen molar-refractivity contribution >= 4 is 35.8 Å². The molecule has 1 aromatic rings. The molecule has 0 spiro atoms. The SMILES string of the molecule is CC(=O)NC(CC(=O)NC1CCCC1CN)c1ccc(Cl)cc1.Cl. The number of rotatable bonds is 6. The van der Waals surface area contributed by atoms with E-state index in [1.165, 1.54) is 6.92 Å². The number of amides is 2. The summed E-state index contributed by atoms with van der Waals surface area (Å²) in [4.78, 5) is 23.8. The molecule has 134 valence electrons. The molecule has 0 radical (unpaired) electrons. The summed E-state index contributed by atoms with van der Waals surface area (Å²) in [6.07, 6.45) is 3.33. The Morgan fingerprint density at radius 3 is 2.54 bits per heavy atom. The van der Waals surface area contributed by atoms with Crippen molar-refractivity contribution in [1.82, 2.24) is 10.6 Å². The van der Waals surface area contributed by atoms with Gasteiger partial charge in [0.15, 0.2) is 0 Å². The van der Waals surface area contributed by atoms with Crippen LogP contribution in [0.5, 0.6) is 0 Å². The molecule has 3 atom stereocenters. The van der Waals surface area contributed by atoms with Crippen LogP contribution in [-0.4, -0.2) is 24.4 Å². The van der Waals surface area contributed by atoms with E-state index in [-0.39, 0.29) is 42.7 Å². The summed E-state index contributed by atoms with van der Waals surface area (Å²) in [5.74, 6) is 0.121. The zero-order chi connectivity index (χ0) is 16.8. The molecule has 0 heterocycles. The third-order valence-electron chi connectivity index (χ3n) is 4.35. The van der Waals surface area contributed by atoms with Gasteiger partial charge in [-0.3, -0.25) is 9.59 Å². The Bertz CT molecular complexity index is 551. The lowest BCUT2D eigenvalue weighted by Gasteiger charge is -2.22. The first-order valence-electron chi connectivity index (χ1n) is 8.01. The van der Waals surface area contributed by atoms with Crippen LogP contribution in [0.25, 0.3) is 0 Å². The van der Waals surface area contributed by atoms with Crippen LogP contribution in [0.4, 0.5) is 0 Å². The van der Waals surface area contributed by atoms with Crippen LogP contribution in [0, 0.1) is 5.92 Å². The Morgan fingerprint density at radius 1 is 1.29 bits per heavy atom. The van der Waals surface area contributed by atoms with Crippen molar-refractivity contribution < 1.29 is 9.59 Å². The van der Waals surface area contributed by atoms with Crippen LogP contribution in [0.3, 0.4) is 0 Å². The first-order valence-corrected chi connectivity index (χ1v) is 8.39. The van der Waals surface area contributed by atoms with E-state index < -0.39 is 0 Å². The molecule has 2 amide bonds. The van der Waals surface area contributed by atoms with Gasteiger partial charge in [-0.1, -0.05) is 30.2 Å². The average molecular weight is 374 g/mol. The van der Waals surface area contributed by atoms with Crippen LogP contribution < -0.4 is 16.4 Å². The zero-order valence-corrected chi connectivity index (χ0v) is 15.3. The molecule has 0 aromatic heterocycles. The third kappa shape index (κ3) is 5.96. The van der Waals surface area contributed by atoms with Gasteiger partial charge in [0.1, 0.15) is 0 Å². The Labute approximate surface area is 154 Å². The number of halogens is 2. The van der Waals surface area contributed by atoms with Crippen molar-refractivity contribution in [2.45, 2.75) is 44.7 Å². The quantitative estimate of drug-likeness (QED) is 0.716. The van der Waals surface area contributed by atoms with Crippen molar-refractivity contribution in [3.8, 4) is 0 Å². The minimum Gasteiger partial charge on any atom is -0.353 e. The molecular formula is C17H25Cl2N3O2. The maximum atomic E-state index is 12.4. The molecule has 2 rings (SSSR count). The smallest absolute Gasteiger partial charge is 0.222 e. The zero-order valence-electron chi connectivity index (χ0n) is 13.8. The van der Waals surface area contributed by atoms with E-state index in [2.05, 4.69) is 10.6 Å². The summed E-state index contributed by atoms with van der Waals surface area (Å²) in [5, 5.41) is 6.52. The fraction of sp³-hybridized carbons (Fsp3) is 0.529. The van der Waals surface area contributed by atoms with Gasteiger partial charge in [0.25, 0.3) is 0 Å². The summed E-state index contributed by atoms with van der Waals surface area (Å²) in [6.45, 7) is 2.04. The van der Waals surface area contributed by atoms with E-state index in [1.54, 1.807) is 12.1 Å². The average Bonchev–Trinajstić information content (AvgIpc) is 2.94. The molecule has 1 aliphatic carbocycles. The summed E-state index contributed by atoms with van der Waals surface area (Å²) in [6, 6.07) is 6.96. The first-order chi connectivity index (χ1) is 11.0. The molecule has 0 saturated heterocycles. The van der Waals surface area contributed by atoms with Gasteiger partial charge in [-0.15, -0.1) is 12.4 Å². The minimum atomic E-state index is -0.359. The lowest BCUT2D eigenvalue weighted by atomic mass is 10.0. The van der Waals surface area contributed by atoms with Crippen LogP contribution in [0.1, 0.15) is 44.2 Å². The Morgan fingerprint density at radius 2 is 1.96 bits per heavy atom. The summed E-state index contributed by atoms with van der Waals surface area (Å²) in [5.41, 5.74) is 6.61. The molecule has 1 fully saturated rings. The molecule has 0 aliphatic heterocycles. The summed E-state index contributed by atoms with van der Waals surface area (Å²) < 4.78 is 0. The molecule has 3 unspecified atom stereocenters. The highest BCUT2D eigenvalue weighted by Gasteiger charge is 2.28. The largest absolute Gasteiger partial charge is 0.353 e. The Hall–Kier alpha value is -1.30. The highest BCUT2D eigenvalue weighted by Crippen LogP contribution is 2.25. The predicted molar refractivity (Wildman–Crippen MR) is 98.2 cm³/mol. The second-order valence-electron chi connectivity index (χ2n) is 6.11. The van der Waals surface area contributed by atoms with Crippen LogP contribution in [-0.2, 0) is 9.59 Å². The van der Waals surface area contributed by atoms with Gasteiger partial charge in [0.2, 0.25) is 11.8 Å². The maximum absolute atomic E-state index is 12.4. The molecule has 1 aliphatic rings. The van der Waals surface area contributed by atoms with E-state index in [0.29, 0.717) is 17.5 Å². The third-order valence-corrected chi connectivity index (χ3v) is 4.60. The number of hydrogen-bond donors (Lipinski definition) is 3. The second kappa shape index (κ2) is 9.87. The highest BCUT2D eigenvalue weighted by molar-refractivity contribution is 6.30. The van der Waals surface area contributed by atoms with E-state index in [9.17, 15) is 9.59 Å². The van der Waals surface area contributed by atoms with Crippen molar-refractivity contribution in [1.29, 1.82) is 0 Å².